The average molecular weight is 456 g/mol. The second-order valence-corrected chi connectivity index (χ2v) is 7.96. The van der Waals surface area contributed by atoms with Crippen LogP contribution in [-0.2, 0) is 0 Å². The van der Waals surface area contributed by atoms with Crippen LogP contribution >= 0.6 is 0 Å². The summed E-state index contributed by atoms with van der Waals surface area (Å²) in [6.07, 6.45) is 12.8. The fraction of sp³-hybridized carbons (Fsp3) is 0.200. The second-order valence-electron chi connectivity index (χ2n) is 7.96. The lowest BCUT2D eigenvalue weighted by atomic mass is 9.93. The van der Waals surface area contributed by atoms with E-state index in [9.17, 15) is 9.18 Å². The van der Waals surface area contributed by atoms with E-state index in [1.54, 1.807) is 49.3 Å². The molecule has 4 aromatic rings. The Kier molecular flexibility index (Phi) is 6.15. The Morgan fingerprint density at radius 1 is 0.912 bits per heavy atom. The molecule has 170 valence electrons. The van der Waals surface area contributed by atoms with Crippen molar-refractivity contribution in [3.05, 3.63) is 90.9 Å². The maximum absolute atomic E-state index is 13.2. The van der Waals surface area contributed by atoms with Crippen molar-refractivity contribution in [3.63, 3.8) is 0 Å². The van der Waals surface area contributed by atoms with Gasteiger partial charge < -0.3 is 9.64 Å². The van der Waals surface area contributed by atoms with E-state index in [4.69, 9.17) is 4.74 Å². The number of amides is 1. The maximum Gasteiger partial charge on any atom is 0.255 e. The number of halogens is 1. The molecule has 0 atom stereocenters. The molecule has 4 heterocycles. The number of aromatic nitrogens is 5. The van der Waals surface area contributed by atoms with Crippen LogP contribution in [0.5, 0.6) is 11.6 Å². The SMILES string of the molecule is O=C(c1cncc(-c2cncnc2)c1)N1CCC(c2nccnc2Oc2ccc(F)cc2)CC1. The van der Waals surface area contributed by atoms with Gasteiger partial charge in [-0.15, -0.1) is 0 Å². The van der Waals surface area contributed by atoms with Crippen LogP contribution in [0.3, 0.4) is 0 Å². The molecule has 1 aliphatic heterocycles. The number of benzene rings is 1. The van der Waals surface area contributed by atoms with Crippen LogP contribution in [0.2, 0.25) is 0 Å². The largest absolute Gasteiger partial charge is 0.437 e. The number of carbonyl (C=O) groups excluding carboxylic acids is 1. The van der Waals surface area contributed by atoms with Crippen molar-refractivity contribution in [2.24, 2.45) is 0 Å². The van der Waals surface area contributed by atoms with Gasteiger partial charge in [0.2, 0.25) is 5.88 Å². The molecule has 1 aromatic carbocycles. The quantitative estimate of drug-likeness (QED) is 0.442. The highest BCUT2D eigenvalue weighted by atomic mass is 19.1. The molecule has 8 nitrogen and oxygen atoms in total. The van der Waals surface area contributed by atoms with E-state index in [2.05, 4.69) is 24.9 Å². The van der Waals surface area contributed by atoms with Gasteiger partial charge in [0.25, 0.3) is 5.91 Å². The van der Waals surface area contributed by atoms with Crippen LogP contribution in [0.15, 0.2) is 73.8 Å². The van der Waals surface area contributed by atoms with Gasteiger partial charge in [-0.3, -0.25) is 14.8 Å². The summed E-state index contributed by atoms with van der Waals surface area (Å²) >= 11 is 0. The van der Waals surface area contributed by atoms with Gasteiger partial charge in [0.15, 0.2) is 0 Å². The fourth-order valence-corrected chi connectivity index (χ4v) is 4.01. The molecular weight excluding hydrogens is 435 g/mol. The molecule has 34 heavy (non-hydrogen) atoms. The molecule has 0 aliphatic carbocycles. The summed E-state index contributed by atoms with van der Waals surface area (Å²) in [6, 6.07) is 7.60. The Labute approximate surface area is 195 Å². The van der Waals surface area contributed by atoms with Crippen LogP contribution in [0.25, 0.3) is 11.1 Å². The van der Waals surface area contributed by atoms with Gasteiger partial charge in [-0.1, -0.05) is 0 Å². The minimum Gasteiger partial charge on any atom is -0.437 e. The van der Waals surface area contributed by atoms with E-state index in [1.165, 1.54) is 18.5 Å². The second kappa shape index (κ2) is 9.70. The number of likely N-dealkylation sites (tertiary alicyclic amines) is 1. The van der Waals surface area contributed by atoms with E-state index in [0.29, 0.717) is 30.3 Å². The molecule has 9 heteroatoms. The summed E-state index contributed by atoms with van der Waals surface area (Å²) in [4.78, 5) is 36.1. The molecule has 0 N–H and O–H groups in total. The van der Waals surface area contributed by atoms with Crippen molar-refractivity contribution >= 4 is 5.91 Å². The molecule has 1 saturated heterocycles. The first kappa shape index (κ1) is 21.6. The van der Waals surface area contributed by atoms with Crippen LogP contribution in [-0.4, -0.2) is 48.8 Å². The lowest BCUT2D eigenvalue weighted by molar-refractivity contribution is 0.0711. The number of hydrogen-bond donors (Lipinski definition) is 0. The number of piperidine rings is 1. The van der Waals surface area contributed by atoms with Crippen molar-refractivity contribution in [1.29, 1.82) is 0 Å². The van der Waals surface area contributed by atoms with E-state index < -0.39 is 0 Å². The first-order chi connectivity index (χ1) is 16.7. The highest BCUT2D eigenvalue weighted by Gasteiger charge is 2.28. The highest BCUT2D eigenvalue weighted by Crippen LogP contribution is 2.34. The van der Waals surface area contributed by atoms with Crippen LogP contribution in [0, 0.1) is 5.82 Å². The number of pyridine rings is 1. The molecule has 1 aliphatic rings. The molecule has 5 rings (SSSR count). The molecule has 1 fully saturated rings. The number of ether oxygens (including phenoxy) is 1. The minimum atomic E-state index is -0.332. The molecule has 3 aromatic heterocycles. The third-order valence-corrected chi connectivity index (χ3v) is 5.77. The summed E-state index contributed by atoms with van der Waals surface area (Å²) in [6.45, 7) is 1.16. The Morgan fingerprint density at radius 3 is 2.38 bits per heavy atom. The van der Waals surface area contributed by atoms with E-state index in [0.717, 1.165) is 29.7 Å². The summed E-state index contributed by atoms with van der Waals surface area (Å²) in [7, 11) is 0. The van der Waals surface area contributed by atoms with Crippen LogP contribution in [0.4, 0.5) is 4.39 Å². The van der Waals surface area contributed by atoms with Crippen molar-refractivity contribution in [2.45, 2.75) is 18.8 Å². The van der Waals surface area contributed by atoms with Crippen molar-refractivity contribution in [3.8, 4) is 22.8 Å². The smallest absolute Gasteiger partial charge is 0.255 e. The van der Waals surface area contributed by atoms with Crippen molar-refractivity contribution < 1.29 is 13.9 Å². The summed E-state index contributed by atoms with van der Waals surface area (Å²) in [5, 5.41) is 0. The maximum atomic E-state index is 13.2. The van der Waals surface area contributed by atoms with Gasteiger partial charge in [0.05, 0.1) is 5.56 Å². The summed E-state index contributed by atoms with van der Waals surface area (Å²) in [5.74, 6) is 0.597. The molecule has 0 radical (unpaired) electrons. The van der Waals surface area contributed by atoms with Gasteiger partial charge in [0.1, 0.15) is 23.6 Å². The van der Waals surface area contributed by atoms with Gasteiger partial charge in [-0.2, -0.15) is 0 Å². The third kappa shape index (κ3) is 4.73. The number of carbonyl (C=O) groups is 1. The van der Waals surface area contributed by atoms with Gasteiger partial charge in [-0.05, 0) is 43.2 Å². The average Bonchev–Trinajstić information content (AvgIpc) is 2.91. The molecule has 0 unspecified atom stereocenters. The number of nitrogens with zero attached hydrogens (tertiary/aromatic N) is 6. The Hall–Kier alpha value is -4.27. The molecule has 0 saturated carbocycles. The van der Waals surface area contributed by atoms with E-state index >= 15 is 0 Å². The lowest BCUT2D eigenvalue weighted by Gasteiger charge is -2.32. The summed E-state index contributed by atoms with van der Waals surface area (Å²) in [5.41, 5.74) is 2.87. The molecule has 0 spiro atoms. The normalized spacial score (nSPS) is 14.1. The summed E-state index contributed by atoms with van der Waals surface area (Å²) < 4.78 is 19.1. The first-order valence-electron chi connectivity index (χ1n) is 10.9. The Bertz CT molecular complexity index is 1280. The van der Waals surface area contributed by atoms with Gasteiger partial charge >= 0.3 is 0 Å². The first-order valence-corrected chi connectivity index (χ1v) is 10.9. The van der Waals surface area contributed by atoms with E-state index in [1.807, 2.05) is 11.0 Å². The zero-order valence-electron chi connectivity index (χ0n) is 18.2. The van der Waals surface area contributed by atoms with Gasteiger partial charge in [0, 0.05) is 67.3 Å². The van der Waals surface area contributed by atoms with Crippen molar-refractivity contribution in [1.82, 2.24) is 29.8 Å². The topological polar surface area (TPSA) is 94.0 Å². The zero-order chi connectivity index (χ0) is 23.3. The molecule has 0 bridgehead atoms. The highest BCUT2D eigenvalue weighted by molar-refractivity contribution is 5.95. The third-order valence-electron chi connectivity index (χ3n) is 5.77. The standard InChI is InChI=1S/C25H21FN6O2/c26-21-1-3-22(4-2-21)34-24-23(30-7-8-31-24)17-5-9-32(10-6-17)25(33)19-11-18(12-27-13-19)20-14-28-16-29-15-20/h1-4,7-8,11-17H,5-6,9-10H2. The predicted octanol–water partition coefficient (Wildman–Crippen LogP) is 4.28. The van der Waals surface area contributed by atoms with Crippen molar-refractivity contribution in [2.75, 3.05) is 13.1 Å². The van der Waals surface area contributed by atoms with E-state index in [-0.39, 0.29) is 17.6 Å². The predicted molar refractivity (Wildman–Crippen MR) is 122 cm³/mol. The van der Waals surface area contributed by atoms with Crippen LogP contribution in [0.1, 0.15) is 34.8 Å². The zero-order valence-corrected chi connectivity index (χ0v) is 18.2. The minimum absolute atomic E-state index is 0.0634. The van der Waals surface area contributed by atoms with Gasteiger partial charge in [-0.25, -0.2) is 19.3 Å². The Balaban J connectivity index is 1.27. The molecule has 1 amide bonds. The Morgan fingerprint density at radius 2 is 1.62 bits per heavy atom. The monoisotopic (exact) mass is 456 g/mol. The number of rotatable bonds is 5. The lowest BCUT2D eigenvalue weighted by Crippen LogP contribution is -2.38. The van der Waals surface area contributed by atoms with Crippen LogP contribution < -0.4 is 4.74 Å². The number of hydrogen-bond acceptors (Lipinski definition) is 7. The fourth-order valence-electron chi connectivity index (χ4n) is 4.01. The molecular formula is C25H21FN6O2.